The lowest BCUT2D eigenvalue weighted by atomic mass is 10.3. The molecule has 0 saturated carbocycles. The summed E-state index contributed by atoms with van der Waals surface area (Å²) in [7, 11) is -3.37. The van der Waals surface area contributed by atoms with Gasteiger partial charge in [-0.3, -0.25) is 0 Å². The number of nitrogens with two attached hydrogens (primary N) is 1. The fourth-order valence-electron chi connectivity index (χ4n) is 0.829. The third-order valence-corrected chi connectivity index (χ3v) is 3.51. The molecule has 0 aliphatic rings. The van der Waals surface area contributed by atoms with Crippen LogP contribution in [0, 0.1) is 5.82 Å². The molecule has 1 rings (SSSR count). The Morgan fingerprint density at radius 3 is 2.46 bits per heavy atom. The van der Waals surface area contributed by atoms with E-state index < -0.39 is 15.7 Å². The van der Waals surface area contributed by atoms with Gasteiger partial charge in [0, 0.05) is 10.7 Å². The maximum atomic E-state index is 12.8. The minimum Gasteiger partial charge on any atom is -0.396 e. The molecule has 1 aromatic rings. The van der Waals surface area contributed by atoms with Crippen molar-refractivity contribution in [3.63, 3.8) is 0 Å². The number of hydrogen-bond acceptors (Lipinski definition) is 3. The smallest absolute Gasteiger partial charge is 0.176 e. The van der Waals surface area contributed by atoms with Crippen LogP contribution < -0.4 is 5.73 Å². The second-order valence-corrected chi connectivity index (χ2v) is 5.41. The van der Waals surface area contributed by atoms with E-state index in [0.29, 0.717) is 0 Å². The Bertz CT molecular complexity index is 444. The SMILES string of the molecule is CS(=O)(=O)c1cc(N)c(F)cc1Br. The Kier molecular flexibility index (Phi) is 2.63. The highest BCUT2D eigenvalue weighted by Crippen LogP contribution is 2.26. The highest BCUT2D eigenvalue weighted by molar-refractivity contribution is 9.10. The average molecular weight is 268 g/mol. The van der Waals surface area contributed by atoms with Gasteiger partial charge in [-0.15, -0.1) is 0 Å². The van der Waals surface area contributed by atoms with Crippen LogP contribution in [0.2, 0.25) is 0 Å². The van der Waals surface area contributed by atoms with Gasteiger partial charge in [-0.25, -0.2) is 12.8 Å². The van der Waals surface area contributed by atoms with Gasteiger partial charge in [-0.05, 0) is 28.1 Å². The van der Waals surface area contributed by atoms with Crippen LogP contribution in [0.3, 0.4) is 0 Å². The van der Waals surface area contributed by atoms with Crippen molar-refractivity contribution in [2.75, 3.05) is 12.0 Å². The van der Waals surface area contributed by atoms with Crippen molar-refractivity contribution < 1.29 is 12.8 Å². The molecule has 0 unspecified atom stereocenters. The molecule has 1 aromatic carbocycles. The van der Waals surface area contributed by atoms with E-state index in [1.54, 1.807) is 0 Å². The number of anilines is 1. The Balaban J connectivity index is 3.50. The van der Waals surface area contributed by atoms with Crippen molar-refractivity contribution in [2.45, 2.75) is 4.90 Å². The van der Waals surface area contributed by atoms with Gasteiger partial charge in [0.2, 0.25) is 0 Å². The van der Waals surface area contributed by atoms with Crippen LogP contribution in [0.25, 0.3) is 0 Å². The zero-order valence-electron chi connectivity index (χ0n) is 6.71. The van der Waals surface area contributed by atoms with Gasteiger partial charge in [0.25, 0.3) is 0 Å². The summed E-state index contributed by atoms with van der Waals surface area (Å²) in [6.45, 7) is 0. The molecule has 0 atom stereocenters. The Morgan fingerprint density at radius 1 is 1.46 bits per heavy atom. The number of hydrogen-bond donors (Lipinski definition) is 1. The van der Waals surface area contributed by atoms with Crippen LogP contribution in [0.1, 0.15) is 0 Å². The Morgan fingerprint density at radius 2 is 2.00 bits per heavy atom. The molecular formula is C7H7BrFNO2S. The van der Waals surface area contributed by atoms with Gasteiger partial charge >= 0.3 is 0 Å². The molecule has 0 bridgehead atoms. The van der Waals surface area contributed by atoms with E-state index in [0.717, 1.165) is 18.4 Å². The number of nitrogen functional groups attached to an aromatic ring is 1. The molecular weight excluding hydrogens is 261 g/mol. The molecule has 0 heterocycles. The zero-order chi connectivity index (χ0) is 10.2. The second-order valence-electron chi connectivity index (χ2n) is 2.58. The predicted molar refractivity (Wildman–Crippen MR) is 51.6 cm³/mol. The van der Waals surface area contributed by atoms with Crippen molar-refractivity contribution in [3.8, 4) is 0 Å². The van der Waals surface area contributed by atoms with E-state index >= 15 is 0 Å². The minimum atomic E-state index is -3.37. The van der Waals surface area contributed by atoms with E-state index in [2.05, 4.69) is 15.9 Å². The van der Waals surface area contributed by atoms with Crippen molar-refractivity contribution in [1.29, 1.82) is 0 Å². The first kappa shape index (κ1) is 10.5. The molecule has 0 aliphatic heterocycles. The molecule has 2 N–H and O–H groups in total. The summed E-state index contributed by atoms with van der Waals surface area (Å²) in [5.74, 6) is -0.640. The maximum Gasteiger partial charge on any atom is 0.176 e. The summed E-state index contributed by atoms with van der Waals surface area (Å²) < 4.78 is 35.2. The summed E-state index contributed by atoms with van der Waals surface area (Å²) in [5, 5.41) is 0. The van der Waals surface area contributed by atoms with Gasteiger partial charge in [0.1, 0.15) is 5.82 Å². The highest BCUT2D eigenvalue weighted by atomic mass is 79.9. The molecule has 0 amide bonds. The van der Waals surface area contributed by atoms with Crippen LogP contribution >= 0.6 is 15.9 Å². The van der Waals surface area contributed by atoms with E-state index in [1.807, 2.05) is 0 Å². The number of halogens is 2. The summed E-state index contributed by atoms with van der Waals surface area (Å²) in [5.41, 5.74) is 5.05. The molecule has 0 aliphatic carbocycles. The lowest BCUT2D eigenvalue weighted by molar-refractivity contribution is 0.600. The molecule has 0 fully saturated rings. The molecule has 13 heavy (non-hydrogen) atoms. The van der Waals surface area contributed by atoms with E-state index in [4.69, 9.17) is 5.73 Å². The quantitative estimate of drug-likeness (QED) is 0.621. The molecule has 0 saturated heterocycles. The van der Waals surface area contributed by atoms with Crippen LogP contribution in [-0.2, 0) is 9.84 Å². The molecule has 3 nitrogen and oxygen atoms in total. The summed E-state index contributed by atoms with van der Waals surface area (Å²) in [6, 6.07) is 2.13. The molecule has 6 heteroatoms. The molecule has 0 aromatic heterocycles. The first-order chi connectivity index (χ1) is 5.82. The molecule has 0 spiro atoms. The number of benzene rings is 1. The monoisotopic (exact) mass is 267 g/mol. The number of sulfone groups is 1. The van der Waals surface area contributed by atoms with E-state index in [-0.39, 0.29) is 15.1 Å². The van der Waals surface area contributed by atoms with Gasteiger partial charge in [-0.1, -0.05) is 0 Å². The van der Waals surface area contributed by atoms with Crippen molar-refractivity contribution in [1.82, 2.24) is 0 Å². The summed E-state index contributed by atoms with van der Waals surface area (Å²) in [6.07, 6.45) is 1.03. The first-order valence-electron chi connectivity index (χ1n) is 3.27. The predicted octanol–water partition coefficient (Wildman–Crippen LogP) is 1.57. The second kappa shape index (κ2) is 3.26. The van der Waals surface area contributed by atoms with Gasteiger partial charge in [0.05, 0.1) is 10.6 Å². The summed E-state index contributed by atoms with van der Waals surface area (Å²) in [4.78, 5) is -0.00796. The topological polar surface area (TPSA) is 60.2 Å². The van der Waals surface area contributed by atoms with Crippen molar-refractivity contribution >= 4 is 31.5 Å². The minimum absolute atomic E-state index is 0.00796. The van der Waals surface area contributed by atoms with Crippen molar-refractivity contribution in [2.24, 2.45) is 0 Å². The maximum absolute atomic E-state index is 12.8. The van der Waals surface area contributed by atoms with Gasteiger partial charge in [0.15, 0.2) is 9.84 Å². The van der Waals surface area contributed by atoms with Crippen molar-refractivity contribution in [3.05, 3.63) is 22.4 Å². The number of rotatable bonds is 1. The highest BCUT2D eigenvalue weighted by Gasteiger charge is 2.14. The molecule has 0 radical (unpaired) electrons. The summed E-state index contributed by atoms with van der Waals surface area (Å²) >= 11 is 2.94. The average Bonchev–Trinajstić information content (AvgIpc) is 1.94. The normalized spacial score (nSPS) is 11.6. The Labute approximate surface area is 83.8 Å². The van der Waals surface area contributed by atoms with Gasteiger partial charge in [-0.2, -0.15) is 0 Å². The molecule has 72 valence electrons. The first-order valence-corrected chi connectivity index (χ1v) is 5.95. The fourth-order valence-corrected chi connectivity index (χ4v) is 2.78. The fraction of sp³-hybridized carbons (Fsp3) is 0.143. The van der Waals surface area contributed by atoms with Crippen LogP contribution in [0.15, 0.2) is 21.5 Å². The standard InChI is InChI=1S/C7H7BrFNO2S/c1-13(11,12)7-3-6(10)5(9)2-4(7)8/h2-3H,10H2,1H3. The Hall–Kier alpha value is -0.620. The zero-order valence-corrected chi connectivity index (χ0v) is 9.12. The van der Waals surface area contributed by atoms with Crippen LogP contribution in [-0.4, -0.2) is 14.7 Å². The third kappa shape index (κ3) is 2.19. The van der Waals surface area contributed by atoms with Gasteiger partial charge < -0.3 is 5.73 Å². The third-order valence-electron chi connectivity index (χ3n) is 1.45. The lowest BCUT2D eigenvalue weighted by Gasteiger charge is -2.03. The van der Waals surface area contributed by atoms with Crippen LogP contribution in [0.4, 0.5) is 10.1 Å². The lowest BCUT2D eigenvalue weighted by Crippen LogP contribution is -2.01. The van der Waals surface area contributed by atoms with E-state index in [9.17, 15) is 12.8 Å². The largest absolute Gasteiger partial charge is 0.396 e. The van der Waals surface area contributed by atoms with Crippen LogP contribution in [0.5, 0.6) is 0 Å². The van der Waals surface area contributed by atoms with E-state index in [1.165, 1.54) is 0 Å².